The van der Waals surface area contributed by atoms with Crippen LogP contribution in [0, 0.1) is 6.42 Å². The van der Waals surface area contributed by atoms with E-state index in [0.29, 0.717) is 10.6 Å². The van der Waals surface area contributed by atoms with Gasteiger partial charge in [0.1, 0.15) is 0 Å². The van der Waals surface area contributed by atoms with Crippen molar-refractivity contribution >= 4 is 17.4 Å². The van der Waals surface area contributed by atoms with Crippen LogP contribution in [0.5, 0.6) is 0 Å². The molecule has 2 rings (SSSR count). The third-order valence-corrected chi connectivity index (χ3v) is 3.67. The van der Waals surface area contributed by atoms with E-state index in [1.165, 1.54) is 18.4 Å². The van der Waals surface area contributed by atoms with Crippen LogP contribution in [0.25, 0.3) is 5.76 Å². The lowest BCUT2D eigenvalue weighted by Gasteiger charge is -2.21. The third-order valence-electron chi connectivity index (χ3n) is 3.44. The van der Waals surface area contributed by atoms with Crippen LogP contribution >= 0.6 is 11.6 Å². The first kappa shape index (κ1) is 15.5. The fourth-order valence-electron chi connectivity index (χ4n) is 2.24. The Bertz CT molecular complexity index is 614. The lowest BCUT2D eigenvalue weighted by atomic mass is 9.97. The maximum Gasteiger partial charge on any atom is 0.0264 e. The van der Waals surface area contributed by atoms with Gasteiger partial charge in [-0.25, -0.2) is 0 Å². The first-order valence-corrected chi connectivity index (χ1v) is 7.57. The summed E-state index contributed by atoms with van der Waals surface area (Å²) in [5.41, 5.74) is 3.82. The van der Waals surface area contributed by atoms with Gasteiger partial charge in [0.25, 0.3) is 0 Å². The minimum atomic E-state index is -0.219. The van der Waals surface area contributed by atoms with Crippen molar-refractivity contribution in [3.63, 3.8) is 0 Å². The number of aryl methyl sites for hydroxylation is 1. The topological polar surface area (TPSA) is 23.1 Å². The maximum absolute atomic E-state index is 11.6. The molecule has 0 fully saturated rings. The molecule has 0 bridgehead atoms. The standard InChI is InChI=1S/C19H20ClO/c1-3-4-5-15-6-8-16(9-7-15)12-17-10-11-18(20)13-19(17)14(2)21/h6-13,21H,2-5H2,1H3/q-1/p-1. The van der Waals surface area contributed by atoms with Crippen molar-refractivity contribution in [2.45, 2.75) is 26.2 Å². The summed E-state index contributed by atoms with van der Waals surface area (Å²) in [5.74, 6) is -0.219. The molecule has 0 N–H and O–H groups in total. The second-order valence-electron chi connectivity index (χ2n) is 5.14. The van der Waals surface area contributed by atoms with Crippen molar-refractivity contribution < 1.29 is 5.11 Å². The van der Waals surface area contributed by atoms with Gasteiger partial charge >= 0.3 is 0 Å². The predicted octanol–water partition coefficient (Wildman–Crippen LogP) is 4.61. The van der Waals surface area contributed by atoms with Crippen molar-refractivity contribution in [3.05, 3.63) is 82.7 Å². The summed E-state index contributed by atoms with van der Waals surface area (Å²) < 4.78 is 0. The van der Waals surface area contributed by atoms with Gasteiger partial charge in [0.2, 0.25) is 0 Å². The highest BCUT2D eigenvalue weighted by molar-refractivity contribution is 6.30. The lowest BCUT2D eigenvalue weighted by molar-refractivity contribution is -0.243. The Morgan fingerprint density at radius 2 is 1.90 bits per heavy atom. The van der Waals surface area contributed by atoms with Gasteiger partial charge in [-0.1, -0.05) is 60.3 Å². The molecule has 0 amide bonds. The van der Waals surface area contributed by atoms with E-state index in [9.17, 15) is 5.11 Å². The first-order valence-electron chi connectivity index (χ1n) is 7.19. The van der Waals surface area contributed by atoms with Crippen LogP contribution in [0.3, 0.4) is 0 Å². The van der Waals surface area contributed by atoms with Crippen molar-refractivity contribution in [2.24, 2.45) is 0 Å². The van der Waals surface area contributed by atoms with Gasteiger partial charge in [0.15, 0.2) is 0 Å². The Hall–Kier alpha value is -1.86. The summed E-state index contributed by atoms with van der Waals surface area (Å²) in [6.45, 7) is 5.68. The Morgan fingerprint density at radius 1 is 1.19 bits per heavy atom. The molecule has 2 aromatic carbocycles. The van der Waals surface area contributed by atoms with Gasteiger partial charge in [-0.2, -0.15) is 0 Å². The third kappa shape index (κ3) is 4.30. The smallest absolute Gasteiger partial charge is 0.0264 e. The molecule has 1 nitrogen and oxygen atoms in total. The molecule has 0 aromatic heterocycles. The minimum Gasteiger partial charge on any atom is -0.878 e. The molecule has 0 heterocycles. The van der Waals surface area contributed by atoms with Gasteiger partial charge in [-0.15, -0.1) is 48.1 Å². The highest BCUT2D eigenvalue weighted by Gasteiger charge is 1.98. The van der Waals surface area contributed by atoms with Gasteiger partial charge in [0, 0.05) is 5.02 Å². The van der Waals surface area contributed by atoms with E-state index in [1.54, 1.807) is 12.1 Å². The van der Waals surface area contributed by atoms with E-state index in [2.05, 4.69) is 37.8 Å². The maximum atomic E-state index is 11.6. The molecule has 0 aliphatic carbocycles. The highest BCUT2D eigenvalue weighted by atomic mass is 35.5. The molecular formula is C19H19ClO-2. The number of benzene rings is 2. The second-order valence-corrected chi connectivity index (χ2v) is 5.58. The van der Waals surface area contributed by atoms with E-state index in [0.717, 1.165) is 17.5 Å². The molecule has 0 saturated carbocycles. The van der Waals surface area contributed by atoms with Crippen LogP contribution in [0.15, 0.2) is 49.0 Å². The number of hydrogen-bond donors (Lipinski definition) is 0. The number of hydrogen-bond acceptors (Lipinski definition) is 1. The largest absolute Gasteiger partial charge is 0.878 e. The minimum absolute atomic E-state index is 0.219. The fourth-order valence-corrected chi connectivity index (χ4v) is 2.41. The van der Waals surface area contributed by atoms with Crippen LogP contribution in [0.4, 0.5) is 0 Å². The SMILES string of the molecule is C=C([O-])c1cc(Cl)ccc1[CH-]c1ccc(CCCC)cc1. The average molecular weight is 299 g/mol. The molecule has 0 unspecified atom stereocenters. The van der Waals surface area contributed by atoms with Gasteiger partial charge < -0.3 is 5.11 Å². The number of halogens is 1. The lowest BCUT2D eigenvalue weighted by Crippen LogP contribution is -2.03. The second kappa shape index (κ2) is 7.24. The van der Waals surface area contributed by atoms with Gasteiger partial charge in [0.05, 0.1) is 0 Å². The van der Waals surface area contributed by atoms with Crippen molar-refractivity contribution in [2.75, 3.05) is 0 Å². The fraction of sp³-hybridized carbons (Fsp3) is 0.211. The Kier molecular flexibility index (Phi) is 5.35. The van der Waals surface area contributed by atoms with E-state index < -0.39 is 0 Å². The molecule has 110 valence electrons. The monoisotopic (exact) mass is 298 g/mol. The van der Waals surface area contributed by atoms with E-state index in [-0.39, 0.29) is 5.76 Å². The van der Waals surface area contributed by atoms with Gasteiger partial charge in [-0.05, 0) is 12.8 Å². The van der Waals surface area contributed by atoms with Crippen LogP contribution in [0.1, 0.15) is 42.0 Å². The Labute approximate surface area is 131 Å². The number of rotatable bonds is 6. The zero-order valence-corrected chi connectivity index (χ0v) is 13.0. The van der Waals surface area contributed by atoms with Crippen LogP contribution in [-0.2, 0) is 6.42 Å². The molecule has 0 radical (unpaired) electrons. The molecule has 21 heavy (non-hydrogen) atoms. The first-order chi connectivity index (χ1) is 10.1. The Balaban J connectivity index is 2.16. The molecule has 0 atom stereocenters. The van der Waals surface area contributed by atoms with Gasteiger partial charge in [-0.3, -0.25) is 0 Å². The molecule has 0 aliphatic rings. The van der Waals surface area contributed by atoms with Crippen LogP contribution in [-0.4, -0.2) is 0 Å². The average Bonchev–Trinajstić information content (AvgIpc) is 2.48. The number of unbranched alkanes of at least 4 members (excludes halogenated alkanes) is 1. The summed E-state index contributed by atoms with van der Waals surface area (Å²) in [6.07, 6.45) is 5.51. The molecular weight excluding hydrogens is 280 g/mol. The van der Waals surface area contributed by atoms with E-state index in [1.807, 2.05) is 12.5 Å². The molecule has 0 spiro atoms. The molecule has 0 aliphatic heterocycles. The van der Waals surface area contributed by atoms with Crippen LogP contribution in [0.2, 0.25) is 5.02 Å². The molecule has 2 aromatic rings. The molecule has 2 heteroatoms. The zero-order chi connectivity index (χ0) is 15.2. The summed E-state index contributed by atoms with van der Waals surface area (Å²) in [6, 6.07) is 13.7. The summed E-state index contributed by atoms with van der Waals surface area (Å²) in [4.78, 5) is 0. The zero-order valence-electron chi connectivity index (χ0n) is 12.2. The van der Waals surface area contributed by atoms with Crippen molar-refractivity contribution in [1.82, 2.24) is 0 Å². The Morgan fingerprint density at radius 3 is 2.52 bits per heavy atom. The van der Waals surface area contributed by atoms with Crippen LogP contribution < -0.4 is 5.11 Å². The van der Waals surface area contributed by atoms with E-state index in [4.69, 9.17) is 11.6 Å². The normalized spacial score (nSPS) is 10.4. The highest BCUT2D eigenvalue weighted by Crippen LogP contribution is 2.23. The van der Waals surface area contributed by atoms with Crippen molar-refractivity contribution in [3.8, 4) is 0 Å². The summed E-state index contributed by atoms with van der Waals surface area (Å²) >= 11 is 5.94. The quantitative estimate of drug-likeness (QED) is 0.564. The summed E-state index contributed by atoms with van der Waals surface area (Å²) in [5, 5.41) is 12.1. The predicted molar refractivity (Wildman–Crippen MR) is 88.0 cm³/mol. The molecule has 0 saturated heterocycles. The summed E-state index contributed by atoms with van der Waals surface area (Å²) in [7, 11) is 0. The van der Waals surface area contributed by atoms with Crippen molar-refractivity contribution in [1.29, 1.82) is 0 Å². The van der Waals surface area contributed by atoms with E-state index >= 15 is 0 Å².